The fourth-order valence-electron chi connectivity index (χ4n) is 2.04. The summed E-state index contributed by atoms with van der Waals surface area (Å²) in [7, 11) is 1.73. The van der Waals surface area contributed by atoms with E-state index in [4.69, 9.17) is 4.74 Å². The van der Waals surface area contributed by atoms with Crippen molar-refractivity contribution in [2.45, 2.75) is 44.9 Å². The molecule has 0 aliphatic rings. The van der Waals surface area contributed by atoms with Crippen LogP contribution in [0.1, 0.15) is 47.7 Å². The van der Waals surface area contributed by atoms with Crippen molar-refractivity contribution in [3.63, 3.8) is 0 Å². The quantitative estimate of drug-likeness (QED) is 0.696. The summed E-state index contributed by atoms with van der Waals surface area (Å²) in [5, 5.41) is 0. The van der Waals surface area contributed by atoms with Crippen molar-refractivity contribution < 1.29 is 4.74 Å². The highest BCUT2D eigenvalue weighted by Crippen LogP contribution is 2.33. The molecule has 1 aromatic carbocycles. The third-order valence-corrected chi connectivity index (χ3v) is 3.85. The summed E-state index contributed by atoms with van der Waals surface area (Å²) in [6.45, 7) is 6.44. The normalized spacial score (nSPS) is 12.6. The molecule has 1 rings (SSSR count). The molecule has 0 aromatic heterocycles. The minimum atomic E-state index is 0.468. The summed E-state index contributed by atoms with van der Waals surface area (Å²) in [6.07, 6.45) is 3.71. The zero-order valence-electron chi connectivity index (χ0n) is 10.6. The Kier molecular flexibility index (Phi) is 5.33. The second-order valence-corrected chi connectivity index (χ2v) is 5.40. The number of methoxy groups -OCH3 is 1. The molecule has 0 radical (unpaired) electrons. The van der Waals surface area contributed by atoms with Crippen molar-refractivity contribution in [2.24, 2.45) is 0 Å². The van der Waals surface area contributed by atoms with Crippen LogP contribution in [-0.4, -0.2) is 7.11 Å². The van der Waals surface area contributed by atoms with E-state index in [-0.39, 0.29) is 0 Å². The van der Waals surface area contributed by atoms with E-state index in [1.165, 1.54) is 36.0 Å². The lowest BCUT2D eigenvalue weighted by atomic mass is 10.0. The SMILES string of the molecule is CCCCC(Br)c1cc(C)c(OC)c(C)c1. The van der Waals surface area contributed by atoms with Gasteiger partial charge in [-0.25, -0.2) is 0 Å². The van der Waals surface area contributed by atoms with Gasteiger partial charge in [-0.15, -0.1) is 0 Å². The highest BCUT2D eigenvalue weighted by atomic mass is 79.9. The van der Waals surface area contributed by atoms with Gasteiger partial charge in [0.15, 0.2) is 0 Å². The van der Waals surface area contributed by atoms with Crippen molar-refractivity contribution in [2.75, 3.05) is 7.11 Å². The van der Waals surface area contributed by atoms with Gasteiger partial charge in [0.1, 0.15) is 5.75 Å². The van der Waals surface area contributed by atoms with Crippen molar-refractivity contribution in [1.82, 2.24) is 0 Å². The first-order chi connectivity index (χ1) is 7.60. The van der Waals surface area contributed by atoms with E-state index in [1.807, 2.05) is 0 Å². The van der Waals surface area contributed by atoms with E-state index in [9.17, 15) is 0 Å². The Morgan fingerprint density at radius 3 is 2.25 bits per heavy atom. The third kappa shape index (κ3) is 3.24. The van der Waals surface area contributed by atoms with Crippen LogP contribution in [0.5, 0.6) is 5.75 Å². The fourth-order valence-corrected chi connectivity index (χ4v) is 2.62. The molecule has 0 bridgehead atoms. The van der Waals surface area contributed by atoms with Gasteiger partial charge in [0, 0.05) is 4.83 Å². The first-order valence-electron chi connectivity index (χ1n) is 5.89. The standard InChI is InChI=1S/C14H21BrO/c1-5-6-7-13(15)12-8-10(2)14(16-4)11(3)9-12/h8-9,13H,5-7H2,1-4H3. The van der Waals surface area contributed by atoms with Gasteiger partial charge in [0.05, 0.1) is 7.11 Å². The zero-order chi connectivity index (χ0) is 12.1. The zero-order valence-corrected chi connectivity index (χ0v) is 12.2. The van der Waals surface area contributed by atoms with E-state index in [0.717, 1.165) is 5.75 Å². The lowest BCUT2D eigenvalue weighted by Gasteiger charge is -2.15. The van der Waals surface area contributed by atoms with E-state index >= 15 is 0 Å². The minimum absolute atomic E-state index is 0.468. The average Bonchev–Trinajstić information content (AvgIpc) is 2.25. The van der Waals surface area contributed by atoms with Gasteiger partial charge in [-0.2, -0.15) is 0 Å². The Morgan fingerprint density at radius 1 is 1.25 bits per heavy atom. The topological polar surface area (TPSA) is 9.23 Å². The summed E-state index contributed by atoms with van der Waals surface area (Å²) in [5.74, 6) is 1.01. The van der Waals surface area contributed by atoms with Gasteiger partial charge < -0.3 is 4.74 Å². The number of aryl methyl sites for hydroxylation is 2. The minimum Gasteiger partial charge on any atom is -0.496 e. The van der Waals surface area contributed by atoms with Crippen LogP contribution in [0.25, 0.3) is 0 Å². The van der Waals surface area contributed by atoms with Crippen LogP contribution in [-0.2, 0) is 0 Å². The van der Waals surface area contributed by atoms with Crippen molar-refractivity contribution in [3.05, 3.63) is 28.8 Å². The smallest absolute Gasteiger partial charge is 0.124 e. The van der Waals surface area contributed by atoms with Gasteiger partial charge in [-0.3, -0.25) is 0 Å². The molecule has 0 heterocycles. The summed E-state index contributed by atoms with van der Waals surface area (Å²) < 4.78 is 5.38. The Hall–Kier alpha value is -0.500. The molecular weight excluding hydrogens is 264 g/mol. The van der Waals surface area contributed by atoms with Crippen LogP contribution in [0, 0.1) is 13.8 Å². The van der Waals surface area contributed by atoms with Crippen molar-refractivity contribution in [1.29, 1.82) is 0 Å². The number of unbranched alkanes of at least 4 members (excludes halogenated alkanes) is 1. The predicted octanol–water partition coefficient (Wildman–Crippen LogP) is 4.94. The maximum Gasteiger partial charge on any atom is 0.124 e. The predicted molar refractivity (Wildman–Crippen MR) is 73.7 cm³/mol. The lowest BCUT2D eigenvalue weighted by molar-refractivity contribution is 0.408. The van der Waals surface area contributed by atoms with Gasteiger partial charge in [0.25, 0.3) is 0 Å². The molecule has 1 unspecified atom stereocenters. The Balaban J connectivity index is 2.90. The van der Waals surface area contributed by atoms with Crippen molar-refractivity contribution >= 4 is 15.9 Å². The number of benzene rings is 1. The molecule has 90 valence electrons. The average molecular weight is 285 g/mol. The van der Waals surface area contributed by atoms with E-state index in [0.29, 0.717) is 4.83 Å². The highest BCUT2D eigenvalue weighted by molar-refractivity contribution is 9.09. The van der Waals surface area contributed by atoms with Crippen LogP contribution < -0.4 is 4.74 Å². The maximum absolute atomic E-state index is 5.38. The number of ether oxygens (including phenoxy) is 1. The summed E-state index contributed by atoms with van der Waals surface area (Å²) in [5.41, 5.74) is 3.81. The molecular formula is C14H21BrO. The molecule has 1 aromatic rings. The largest absolute Gasteiger partial charge is 0.496 e. The first-order valence-corrected chi connectivity index (χ1v) is 6.80. The first kappa shape index (κ1) is 13.6. The summed E-state index contributed by atoms with van der Waals surface area (Å²) in [6, 6.07) is 4.45. The third-order valence-electron chi connectivity index (χ3n) is 2.86. The number of hydrogen-bond acceptors (Lipinski definition) is 1. The molecule has 0 aliphatic heterocycles. The molecule has 0 spiro atoms. The monoisotopic (exact) mass is 284 g/mol. The van der Waals surface area contributed by atoms with Crippen LogP contribution in [0.15, 0.2) is 12.1 Å². The Labute approximate surface area is 107 Å². The molecule has 0 fully saturated rings. The van der Waals surface area contributed by atoms with Gasteiger partial charge in [0.2, 0.25) is 0 Å². The van der Waals surface area contributed by atoms with Crippen LogP contribution in [0.3, 0.4) is 0 Å². The van der Waals surface area contributed by atoms with Crippen LogP contribution in [0.4, 0.5) is 0 Å². The molecule has 0 aliphatic carbocycles. The fraction of sp³-hybridized carbons (Fsp3) is 0.571. The molecule has 0 N–H and O–H groups in total. The van der Waals surface area contributed by atoms with E-state index in [1.54, 1.807) is 7.11 Å². The Morgan fingerprint density at radius 2 is 1.81 bits per heavy atom. The van der Waals surface area contributed by atoms with Gasteiger partial charge >= 0.3 is 0 Å². The molecule has 1 atom stereocenters. The second-order valence-electron chi connectivity index (χ2n) is 4.30. The van der Waals surface area contributed by atoms with Gasteiger partial charge in [-0.05, 0) is 37.0 Å². The van der Waals surface area contributed by atoms with Gasteiger partial charge in [-0.1, -0.05) is 47.8 Å². The maximum atomic E-state index is 5.38. The summed E-state index contributed by atoms with van der Waals surface area (Å²) in [4.78, 5) is 0.468. The van der Waals surface area contributed by atoms with Crippen LogP contribution in [0.2, 0.25) is 0 Å². The molecule has 1 nitrogen and oxygen atoms in total. The van der Waals surface area contributed by atoms with Crippen molar-refractivity contribution in [3.8, 4) is 5.75 Å². The molecule has 0 saturated heterocycles. The lowest BCUT2D eigenvalue weighted by Crippen LogP contribution is -1.96. The number of halogens is 1. The Bertz CT molecular complexity index is 324. The number of alkyl halides is 1. The number of rotatable bonds is 5. The number of hydrogen-bond donors (Lipinski definition) is 0. The molecule has 0 amide bonds. The van der Waals surface area contributed by atoms with E-state index in [2.05, 4.69) is 48.8 Å². The van der Waals surface area contributed by atoms with E-state index < -0.39 is 0 Å². The molecule has 2 heteroatoms. The molecule has 16 heavy (non-hydrogen) atoms. The second kappa shape index (κ2) is 6.29. The van der Waals surface area contributed by atoms with Crippen LogP contribution >= 0.6 is 15.9 Å². The summed E-state index contributed by atoms with van der Waals surface area (Å²) >= 11 is 3.76. The highest BCUT2D eigenvalue weighted by Gasteiger charge is 2.11. The molecule has 0 saturated carbocycles.